The maximum absolute atomic E-state index is 12.9. The van der Waals surface area contributed by atoms with Gasteiger partial charge in [-0.2, -0.15) is 13.1 Å². The quantitative estimate of drug-likeness (QED) is 0.591. The third-order valence-corrected chi connectivity index (χ3v) is 6.79. The van der Waals surface area contributed by atoms with Crippen LogP contribution in [-0.2, 0) is 14.8 Å². The number of carbonyl (C=O) groups excluding carboxylic acids is 1. The third kappa shape index (κ3) is 3.63. The lowest BCUT2D eigenvalue weighted by Gasteiger charge is -2.22. The molecule has 7 nitrogen and oxygen atoms in total. The number of carbonyl (C=O) groups is 1. The molecule has 0 atom stereocenters. The summed E-state index contributed by atoms with van der Waals surface area (Å²) in [6, 6.07) is 12.0. The first kappa shape index (κ1) is 18.9. The van der Waals surface area contributed by atoms with Crippen molar-refractivity contribution in [2.75, 3.05) is 25.5 Å². The number of aromatic nitrogens is 2. The van der Waals surface area contributed by atoms with Crippen molar-refractivity contribution >= 4 is 60.3 Å². The molecule has 0 aliphatic heterocycles. The number of rotatable bonds is 5. The first-order chi connectivity index (χ1) is 12.3. The molecule has 0 saturated heterocycles. The van der Waals surface area contributed by atoms with Gasteiger partial charge in [0.15, 0.2) is 0 Å². The molecule has 2 aromatic carbocycles. The van der Waals surface area contributed by atoms with Crippen molar-refractivity contribution in [2.24, 2.45) is 0 Å². The first-order valence-electron chi connectivity index (χ1n) is 7.50. The summed E-state index contributed by atoms with van der Waals surface area (Å²) < 4.78 is 35.8. The van der Waals surface area contributed by atoms with Crippen molar-refractivity contribution in [1.29, 1.82) is 0 Å². The molecule has 0 aliphatic carbocycles. The van der Waals surface area contributed by atoms with Crippen LogP contribution in [0, 0.1) is 0 Å². The van der Waals surface area contributed by atoms with E-state index in [1.807, 2.05) is 12.1 Å². The van der Waals surface area contributed by atoms with Crippen LogP contribution in [0.5, 0.6) is 0 Å². The number of benzene rings is 2. The lowest BCUT2D eigenvalue weighted by Crippen LogP contribution is -2.39. The number of amides is 1. The van der Waals surface area contributed by atoms with E-state index in [1.165, 1.54) is 18.0 Å². The van der Waals surface area contributed by atoms with Crippen LogP contribution in [0.4, 0.5) is 5.69 Å². The molecular formula is C16H15BrN4O3S2. The highest BCUT2D eigenvalue weighted by Crippen LogP contribution is 2.24. The molecule has 0 spiro atoms. The van der Waals surface area contributed by atoms with E-state index in [-0.39, 0.29) is 17.3 Å². The van der Waals surface area contributed by atoms with Crippen LogP contribution in [0.1, 0.15) is 0 Å². The summed E-state index contributed by atoms with van der Waals surface area (Å²) in [5.74, 6) is -0.345. The molecule has 1 amide bonds. The van der Waals surface area contributed by atoms with Gasteiger partial charge in [0.2, 0.25) is 15.9 Å². The monoisotopic (exact) mass is 454 g/mol. The average molecular weight is 455 g/mol. The Kier molecular flexibility index (Phi) is 5.37. The molecular weight excluding hydrogens is 440 g/mol. The summed E-state index contributed by atoms with van der Waals surface area (Å²) in [5.41, 5.74) is 1.51. The fourth-order valence-electron chi connectivity index (χ4n) is 2.35. The summed E-state index contributed by atoms with van der Waals surface area (Å²) in [5, 5.41) is 0. The molecule has 136 valence electrons. The van der Waals surface area contributed by atoms with E-state index in [0.717, 1.165) is 20.5 Å². The molecule has 10 heteroatoms. The zero-order chi connectivity index (χ0) is 18.9. The van der Waals surface area contributed by atoms with Crippen molar-refractivity contribution in [3.05, 3.63) is 46.9 Å². The van der Waals surface area contributed by atoms with Crippen molar-refractivity contribution in [1.82, 2.24) is 13.1 Å². The second kappa shape index (κ2) is 7.39. The van der Waals surface area contributed by atoms with Crippen molar-refractivity contribution in [2.45, 2.75) is 4.90 Å². The van der Waals surface area contributed by atoms with Crippen molar-refractivity contribution < 1.29 is 13.2 Å². The molecule has 0 N–H and O–H groups in total. The Hall–Kier alpha value is -1.88. The first-order valence-corrected chi connectivity index (χ1v) is 10.5. The van der Waals surface area contributed by atoms with Crippen LogP contribution in [-0.4, -0.2) is 48.0 Å². The molecule has 1 heterocycles. The maximum Gasteiger partial charge on any atom is 0.245 e. The van der Waals surface area contributed by atoms with Gasteiger partial charge in [0.1, 0.15) is 15.9 Å². The molecule has 0 unspecified atom stereocenters. The fraction of sp³-hybridized carbons (Fsp3) is 0.188. The minimum Gasteiger partial charge on any atom is -0.314 e. The van der Waals surface area contributed by atoms with Crippen molar-refractivity contribution in [3.63, 3.8) is 0 Å². The van der Waals surface area contributed by atoms with Crippen LogP contribution < -0.4 is 4.90 Å². The number of sulfonamides is 1. The van der Waals surface area contributed by atoms with Gasteiger partial charge in [-0.05, 0) is 36.4 Å². The number of halogens is 1. The highest BCUT2D eigenvalue weighted by molar-refractivity contribution is 9.10. The topological polar surface area (TPSA) is 83.5 Å². The average Bonchev–Trinajstić information content (AvgIpc) is 3.10. The van der Waals surface area contributed by atoms with Gasteiger partial charge in [0.25, 0.3) is 0 Å². The van der Waals surface area contributed by atoms with Gasteiger partial charge in [-0.25, -0.2) is 8.42 Å². The Labute approximate surface area is 163 Å². The van der Waals surface area contributed by atoms with Gasteiger partial charge in [-0.3, -0.25) is 4.79 Å². The Morgan fingerprint density at radius 2 is 1.81 bits per heavy atom. The zero-order valence-electron chi connectivity index (χ0n) is 14.0. The third-order valence-electron chi connectivity index (χ3n) is 3.88. The number of hydrogen-bond acceptors (Lipinski definition) is 6. The van der Waals surface area contributed by atoms with Gasteiger partial charge in [0.05, 0.1) is 18.3 Å². The number of fused-ring (bicyclic) bond motifs is 1. The van der Waals surface area contributed by atoms with E-state index >= 15 is 0 Å². The summed E-state index contributed by atoms with van der Waals surface area (Å²) in [6.45, 7) is -0.289. The molecule has 3 rings (SSSR count). The lowest BCUT2D eigenvalue weighted by atomic mass is 10.3. The van der Waals surface area contributed by atoms with E-state index in [9.17, 15) is 13.2 Å². The lowest BCUT2D eigenvalue weighted by molar-refractivity contribution is -0.118. The number of likely N-dealkylation sites (N-methyl/N-ethyl adjacent to an activating group) is 2. The van der Waals surface area contributed by atoms with Crippen LogP contribution in [0.25, 0.3) is 11.0 Å². The Morgan fingerprint density at radius 1 is 1.12 bits per heavy atom. The van der Waals surface area contributed by atoms with Gasteiger partial charge < -0.3 is 4.90 Å². The van der Waals surface area contributed by atoms with Crippen molar-refractivity contribution in [3.8, 4) is 0 Å². The van der Waals surface area contributed by atoms with Crippen LogP contribution in [0.3, 0.4) is 0 Å². The molecule has 0 radical (unpaired) electrons. The van der Waals surface area contributed by atoms with E-state index in [2.05, 4.69) is 24.7 Å². The Morgan fingerprint density at radius 3 is 2.50 bits per heavy atom. The predicted octanol–water partition coefficient (Wildman–Crippen LogP) is 2.74. The smallest absolute Gasteiger partial charge is 0.245 e. The molecule has 0 fully saturated rings. The van der Waals surface area contributed by atoms with E-state index in [1.54, 1.807) is 31.3 Å². The number of anilines is 1. The summed E-state index contributed by atoms with van der Waals surface area (Å²) in [7, 11) is -0.886. The number of nitrogens with zero attached hydrogens (tertiary/aromatic N) is 4. The van der Waals surface area contributed by atoms with Gasteiger partial charge in [0, 0.05) is 24.3 Å². The van der Waals surface area contributed by atoms with Gasteiger partial charge in [-0.1, -0.05) is 22.0 Å². The highest BCUT2D eigenvalue weighted by atomic mass is 79.9. The largest absolute Gasteiger partial charge is 0.314 e. The molecule has 1 aromatic heterocycles. The zero-order valence-corrected chi connectivity index (χ0v) is 17.2. The summed E-state index contributed by atoms with van der Waals surface area (Å²) in [6.07, 6.45) is 0. The molecule has 3 aromatic rings. The SMILES string of the molecule is CN(C(=O)CN(C)S(=O)(=O)c1cccc2nsnc12)c1ccc(Br)cc1. The highest BCUT2D eigenvalue weighted by Gasteiger charge is 2.27. The minimum absolute atomic E-state index is 0.0466. The standard InChI is InChI=1S/C16H15BrN4O3S2/c1-20(10-15(22)21(2)12-8-6-11(17)7-9-12)26(23,24)14-5-3-4-13-16(14)19-25-18-13/h3-9H,10H2,1-2H3. The second-order valence-electron chi connectivity index (χ2n) is 5.58. The van der Waals surface area contributed by atoms with E-state index in [4.69, 9.17) is 0 Å². The van der Waals surface area contributed by atoms with Gasteiger partial charge >= 0.3 is 0 Å². The predicted molar refractivity (Wildman–Crippen MR) is 105 cm³/mol. The minimum atomic E-state index is -3.87. The number of hydrogen-bond donors (Lipinski definition) is 0. The van der Waals surface area contributed by atoms with Crippen LogP contribution in [0.15, 0.2) is 51.8 Å². The fourth-order valence-corrected chi connectivity index (χ4v) is 4.48. The Balaban J connectivity index is 1.82. The Bertz CT molecular complexity index is 1050. The van der Waals surface area contributed by atoms with Crippen LogP contribution in [0.2, 0.25) is 0 Å². The summed E-state index contributed by atoms with van der Waals surface area (Å²) in [4.78, 5) is 14.0. The van der Waals surface area contributed by atoms with E-state index in [0.29, 0.717) is 16.7 Å². The molecule has 0 saturated carbocycles. The summed E-state index contributed by atoms with van der Waals surface area (Å²) >= 11 is 4.29. The van der Waals surface area contributed by atoms with E-state index < -0.39 is 10.0 Å². The van der Waals surface area contributed by atoms with Gasteiger partial charge in [-0.15, -0.1) is 0 Å². The normalized spacial score (nSPS) is 11.8. The maximum atomic E-state index is 12.9. The molecule has 26 heavy (non-hydrogen) atoms. The second-order valence-corrected chi connectivity index (χ2v) is 9.04. The molecule has 0 aliphatic rings. The van der Waals surface area contributed by atoms with Crippen LogP contribution >= 0.6 is 27.7 Å². The molecule has 0 bridgehead atoms.